The molecule has 4 rings (SSSR count). The van der Waals surface area contributed by atoms with Gasteiger partial charge in [0, 0.05) is 18.7 Å². The van der Waals surface area contributed by atoms with Gasteiger partial charge in [-0.05, 0) is 42.8 Å². The van der Waals surface area contributed by atoms with Crippen LogP contribution in [0.15, 0.2) is 53.5 Å². The highest BCUT2D eigenvalue weighted by Gasteiger charge is 2.34. The number of para-hydroxylation sites is 2. The Morgan fingerprint density at radius 3 is 2.54 bits per heavy atom. The number of rotatable bonds is 3. The van der Waals surface area contributed by atoms with Crippen molar-refractivity contribution in [1.29, 1.82) is 0 Å². The Morgan fingerprint density at radius 1 is 1.08 bits per heavy atom. The minimum Gasteiger partial charge on any atom is -0.310 e. The number of benzene rings is 2. The molecule has 0 radical (unpaired) electrons. The van der Waals surface area contributed by atoms with Gasteiger partial charge in [-0.25, -0.2) is 4.39 Å². The van der Waals surface area contributed by atoms with Crippen LogP contribution in [0.25, 0.3) is 0 Å². The van der Waals surface area contributed by atoms with Crippen LogP contribution < -0.4 is 9.80 Å². The van der Waals surface area contributed by atoms with Gasteiger partial charge in [-0.3, -0.25) is 9.79 Å². The van der Waals surface area contributed by atoms with Crippen LogP contribution in [0.1, 0.15) is 16.8 Å². The number of nitrogens with zero attached hydrogens (tertiary/aromatic N) is 3. The molecular weight excluding hydrogens is 329 g/mol. The Hall–Kier alpha value is -2.40. The fourth-order valence-corrected chi connectivity index (χ4v) is 3.11. The van der Waals surface area contributed by atoms with Gasteiger partial charge in [-0.2, -0.15) is 0 Å². The number of guanidine groups is 1. The molecule has 2 aromatic rings. The van der Waals surface area contributed by atoms with E-state index in [1.807, 2.05) is 23.1 Å². The molecule has 124 valence electrons. The van der Waals surface area contributed by atoms with E-state index in [4.69, 9.17) is 0 Å². The molecule has 0 unspecified atom stereocenters. The quantitative estimate of drug-likeness (QED) is 0.799. The molecule has 24 heavy (non-hydrogen) atoms. The Morgan fingerprint density at radius 2 is 1.79 bits per heavy atom. The Labute approximate surface area is 146 Å². The summed E-state index contributed by atoms with van der Waals surface area (Å²) in [6.45, 7) is 1.90. The van der Waals surface area contributed by atoms with Gasteiger partial charge < -0.3 is 9.80 Å². The van der Waals surface area contributed by atoms with Crippen LogP contribution in [0.2, 0.25) is 0 Å². The smallest absolute Gasteiger partial charge is 0.206 e. The SMILES string of the molecule is Cl.O=C(CN1C2=NCCCN2c2ccccc21)c1ccc(F)cc1. The summed E-state index contributed by atoms with van der Waals surface area (Å²) in [6.07, 6.45) is 1.01. The molecule has 4 nitrogen and oxygen atoms in total. The minimum atomic E-state index is -0.337. The molecule has 2 aliphatic heterocycles. The lowest BCUT2D eigenvalue weighted by Gasteiger charge is -2.26. The van der Waals surface area contributed by atoms with E-state index in [0.29, 0.717) is 5.56 Å². The van der Waals surface area contributed by atoms with E-state index in [0.717, 1.165) is 36.8 Å². The summed E-state index contributed by atoms with van der Waals surface area (Å²) in [5, 5.41) is 0. The molecule has 6 heteroatoms. The molecule has 2 heterocycles. The summed E-state index contributed by atoms with van der Waals surface area (Å²) in [4.78, 5) is 21.3. The van der Waals surface area contributed by atoms with Gasteiger partial charge in [-0.1, -0.05) is 12.1 Å². The molecule has 0 saturated heterocycles. The van der Waals surface area contributed by atoms with Crippen molar-refractivity contribution < 1.29 is 9.18 Å². The number of hydrogen-bond acceptors (Lipinski definition) is 4. The zero-order chi connectivity index (χ0) is 15.8. The third-order valence-corrected chi connectivity index (χ3v) is 4.21. The average molecular weight is 346 g/mol. The Kier molecular flexibility index (Phi) is 4.53. The summed E-state index contributed by atoms with van der Waals surface area (Å²) >= 11 is 0. The third kappa shape index (κ3) is 2.76. The first kappa shape index (κ1) is 16.5. The second-order valence-corrected chi connectivity index (χ2v) is 5.69. The number of halogens is 2. The van der Waals surface area contributed by atoms with Gasteiger partial charge in [0.2, 0.25) is 5.96 Å². The van der Waals surface area contributed by atoms with Crippen molar-refractivity contribution in [2.24, 2.45) is 4.99 Å². The van der Waals surface area contributed by atoms with Crippen LogP contribution in [0.5, 0.6) is 0 Å². The third-order valence-electron chi connectivity index (χ3n) is 4.21. The number of Topliss-reactive ketones (excluding diaryl/α,β-unsaturated/α-hetero) is 1. The van der Waals surface area contributed by atoms with E-state index in [1.54, 1.807) is 0 Å². The van der Waals surface area contributed by atoms with Crippen LogP contribution in [-0.2, 0) is 0 Å². The van der Waals surface area contributed by atoms with E-state index in [2.05, 4.69) is 16.0 Å². The van der Waals surface area contributed by atoms with Crippen LogP contribution in [0.4, 0.5) is 15.8 Å². The van der Waals surface area contributed by atoms with Gasteiger partial charge in [0.1, 0.15) is 5.82 Å². The first-order valence-corrected chi connectivity index (χ1v) is 7.71. The van der Waals surface area contributed by atoms with E-state index < -0.39 is 0 Å². The molecule has 0 bridgehead atoms. The van der Waals surface area contributed by atoms with Crippen LogP contribution >= 0.6 is 12.4 Å². The first-order valence-electron chi connectivity index (χ1n) is 7.71. The molecule has 0 fully saturated rings. The Bertz CT molecular complexity index is 791. The second-order valence-electron chi connectivity index (χ2n) is 5.69. The second kappa shape index (κ2) is 6.61. The predicted octanol–water partition coefficient (Wildman–Crippen LogP) is 3.52. The summed E-state index contributed by atoms with van der Waals surface area (Å²) in [5.41, 5.74) is 2.61. The van der Waals surface area contributed by atoms with E-state index in [-0.39, 0.29) is 30.6 Å². The van der Waals surface area contributed by atoms with Crippen LogP contribution in [0.3, 0.4) is 0 Å². The number of fused-ring (bicyclic) bond motifs is 3. The summed E-state index contributed by atoms with van der Waals surface area (Å²) in [7, 11) is 0. The molecule has 0 aromatic heterocycles. The monoisotopic (exact) mass is 345 g/mol. The number of ketones is 1. The van der Waals surface area contributed by atoms with Crippen LogP contribution in [-0.4, -0.2) is 31.4 Å². The molecule has 0 N–H and O–H groups in total. The summed E-state index contributed by atoms with van der Waals surface area (Å²) in [5.74, 6) is 0.457. The van der Waals surface area contributed by atoms with Crippen molar-refractivity contribution in [3.05, 3.63) is 59.9 Å². The normalized spacial score (nSPS) is 15.3. The molecular formula is C18H17ClFN3O. The van der Waals surface area contributed by atoms with Crippen molar-refractivity contribution in [2.45, 2.75) is 6.42 Å². The lowest BCUT2D eigenvalue weighted by atomic mass is 10.1. The summed E-state index contributed by atoms with van der Waals surface area (Å²) in [6, 6.07) is 13.7. The number of hydrogen-bond donors (Lipinski definition) is 0. The first-order chi connectivity index (χ1) is 11.2. The largest absolute Gasteiger partial charge is 0.310 e. The zero-order valence-electron chi connectivity index (χ0n) is 13.0. The molecule has 0 atom stereocenters. The molecule has 0 saturated carbocycles. The maximum atomic E-state index is 13.0. The average Bonchev–Trinajstić information content (AvgIpc) is 2.90. The standard InChI is InChI=1S/C18H16FN3O.ClH/c19-14-8-6-13(7-9-14)17(23)12-22-16-5-2-1-4-15(16)21-11-3-10-20-18(21)22;/h1-2,4-9H,3,10-12H2;1H. The lowest BCUT2D eigenvalue weighted by Crippen LogP contribution is -2.43. The van der Waals surface area contributed by atoms with Gasteiger partial charge >= 0.3 is 0 Å². The maximum absolute atomic E-state index is 13.0. The van der Waals surface area contributed by atoms with Crippen molar-refractivity contribution in [3.63, 3.8) is 0 Å². The number of carbonyl (C=O) groups excluding carboxylic acids is 1. The molecule has 0 spiro atoms. The molecule has 2 aliphatic rings. The van der Waals surface area contributed by atoms with Gasteiger partial charge in [0.15, 0.2) is 5.78 Å². The highest BCUT2D eigenvalue weighted by Crippen LogP contribution is 2.38. The van der Waals surface area contributed by atoms with E-state index in [1.165, 1.54) is 24.3 Å². The van der Waals surface area contributed by atoms with Crippen molar-refractivity contribution in [1.82, 2.24) is 0 Å². The predicted molar refractivity (Wildman–Crippen MR) is 96.0 cm³/mol. The van der Waals surface area contributed by atoms with E-state index >= 15 is 0 Å². The summed E-state index contributed by atoms with van der Waals surface area (Å²) < 4.78 is 13.0. The number of carbonyl (C=O) groups is 1. The van der Waals surface area contributed by atoms with Crippen molar-refractivity contribution >= 4 is 35.5 Å². The fraction of sp³-hybridized carbons (Fsp3) is 0.222. The van der Waals surface area contributed by atoms with Gasteiger partial charge in [0.25, 0.3) is 0 Å². The lowest BCUT2D eigenvalue weighted by molar-refractivity contribution is 0.100. The topological polar surface area (TPSA) is 35.9 Å². The molecule has 2 aromatic carbocycles. The van der Waals surface area contributed by atoms with E-state index in [9.17, 15) is 9.18 Å². The molecule has 0 aliphatic carbocycles. The van der Waals surface area contributed by atoms with Crippen LogP contribution in [0, 0.1) is 5.82 Å². The number of anilines is 2. The molecule has 0 amide bonds. The Balaban J connectivity index is 0.00000169. The highest BCUT2D eigenvalue weighted by molar-refractivity contribution is 6.19. The van der Waals surface area contributed by atoms with Gasteiger partial charge in [-0.15, -0.1) is 12.4 Å². The fourth-order valence-electron chi connectivity index (χ4n) is 3.11. The maximum Gasteiger partial charge on any atom is 0.206 e. The van der Waals surface area contributed by atoms with Gasteiger partial charge in [0.05, 0.1) is 17.9 Å². The van der Waals surface area contributed by atoms with Crippen molar-refractivity contribution in [3.8, 4) is 0 Å². The zero-order valence-corrected chi connectivity index (χ0v) is 13.8. The minimum absolute atomic E-state index is 0. The highest BCUT2D eigenvalue weighted by atomic mass is 35.5. The van der Waals surface area contributed by atoms with Crippen molar-refractivity contribution in [2.75, 3.05) is 29.4 Å². The number of aliphatic imine (C=N–C) groups is 1.